The molecule has 4 aromatic carbocycles. The quantitative estimate of drug-likeness (QED) is 0.428. The number of rotatable bonds is 5. The van der Waals surface area contributed by atoms with Crippen molar-refractivity contribution in [2.45, 2.75) is 12.7 Å². The fraction of sp³-hybridized carbons (Fsp3) is 0.0833. The third kappa shape index (κ3) is 3.47. The molecule has 0 N–H and O–H groups in total. The molecule has 4 rings (SSSR count). The lowest BCUT2D eigenvalue weighted by molar-refractivity contribution is 0.0674. The zero-order chi connectivity index (χ0) is 16.9. The first kappa shape index (κ1) is 15.6. The fourth-order valence-corrected chi connectivity index (χ4v) is 3.23. The van der Waals surface area contributed by atoms with Gasteiger partial charge in [0.1, 0.15) is 6.10 Å². The molecule has 25 heavy (non-hydrogen) atoms. The van der Waals surface area contributed by atoms with Gasteiger partial charge in [0.15, 0.2) is 0 Å². The van der Waals surface area contributed by atoms with Crippen LogP contribution >= 0.6 is 0 Å². The van der Waals surface area contributed by atoms with E-state index in [-0.39, 0.29) is 6.10 Å². The van der Waals surface area contributed by atoms with Crippen molar-refractivity contribution < 1.29 is 4.74 Å². The van der Waals surface area contributed by atoms with Crippen molar-refractivity contribution in [3.8, 4) is 0 Å². The Hall–Kier alpha value is -2.90. The first-order valence-electron chi connectivity index (χ1n) is 8.60. The lowest BCUT2D eigenvalue weighted by atomic mass is 10.0. The summed E-state index contributed by atoms with van der Waals surface area (Å²) in [5.74, 6) is 0. The average molecular weight is 324 g/mol. The van der Waals surface area contributed by atoms with Crippen LogP contribution in [0.3, 0.4) is 0 Å². The maximum absolute atomic E-state index is 6.41. The molecule has 4 aromatic rings. The predicted octanol–water partition coefficient (Wildman–Crippen LogP) is 6.15. The van der Waals surface area contributed by atoms with E-state index in [4.69, 9.17) is 4.74 Å². The van der Waals surface area contributed by atoms with E-state index < -0.39 is 0 Å². The summed E-state index contributed by atoms with van der Waals surface area (Å²) in [6.07, 6.45) is -0.0682. The van der Waals surface area contributed by atoms with Gasteiger partial charge in [-0.15, -0.1) is 0 Å². The number of hydrogen-bond acceptors (Lipinski definition) is 1. The van der Waals surface area contributed by atoms with E-state index in [2.05, 4.69) is 91.0 Å². The van der Waals surface area contributed by atoms with Gasteiger partial charge in [0.25, 0.3) is 0 Å². The van der Waals surface area contributed by atoms with Crippen molar-refractivity contribution in [1.29, 1.82) is 0 Å². The van der Waals surface area contributed by atoms with Gasteiger partial charge in [-0.2, -0.15) is 0 Å². The predicted molar refractivity (Wildman–Crippen MR) is 103 cm³/mol. The Balaban J connectivity index is 1.65. The number of benzene rings is 4. The third-order valence-corrected chi connectivity index (χ3v) is 4.49. The molecule has 0 bridgehead atoms. The Morgan fingerprint density at radius 3 is 1.80 bits per heavy atom. The SMILES string of the molecule is c1ccc(C(OCc2cccc3ccccc23)c2ccccc2)cc1. The van der Waals surface area contributed by atoms with Crippen LogP contribution in [0.15, 0.2) is 103 Å². The molecule has 0 aliphatic carbocycles. The summed E-state index contributed by atoms with van der Waals surface area (Å²) in [6.45, 7) is 0.579. The highest BCUT2D eigenvalue weighted by Crippen LogP contribution is 2.28. The minimum absolute atomic E-state index is 0.0682. The highest BCUT2D eigenvalue weighted by Gasteiger charge is 2.15. The molecule has 0 saturated carbocycles. The fourth-order valence-electron chi connectivity index (χ4n) is 3.23. The van der Waals surface area contributed by atoms with Gasteiger partial charge >= 0.3 is 0 Å². The standard InChI is InChI=1S/C24H20O/c1-3-11-20(12-4-1)24(21-13-5-2-6-14-21)25-18-22-16-9-15-19-10-7-8-17-23(19)22/h1-17,24H,18H2. The van der Waals surface area contributed by atoms with Gasteiger partial charge in [0.2, 0.25) is 0 Å². The Morgan fingerprint density at radius 1 is 0.560 bits per heavy atom. The second kappa shape index (κ2) is 7.33. The molecule has 1 heteroatoms. The van der Waals surface area contributed by atoms with Gasteiger partial charge in [-0.25, -0.2) is 0 Å². The van der Waals surface area contributed by atoms with Gasteiger partial charge in [-0.3, -0.25) is 0 Å². The van der Waals surface area contributed by atoms with Gasteiger partial charge in [-0.1, -0.05) is 103 Å². The molecule has 0 saturated heterocycles. The van der Waals surface area contributed by atoms with Crippen molar-refractivity contribution >= 4 is 10.8 Å². The van der Waals surface area contributed by atoms with E-state index in [1.165, 1.54) is 27.5 Å². The summed E-state index contributed by atoms with van der Waals surface area (Å²) in [4.78, 5) is 0. The van der Waals surface area contributed by atoms with E-state index in [9.17, 15) is 0 Å². The van der Waals surface area contributed by atoms with Gasteiger partial charge in [0.05, 0.1) is 6.61 Å². The van der Waals surface area contributed by atoms with Gasteiger partial charge in [-0.05, 0) is 27.5 Å². The summed E-state index contributed by atoms with van der Waals surface area (Å²) >= 11 is 0. The monoisotopic (exact) mass is 324 g/mol. The Labute approximate surface area is 148 Å². The highest BCUT2D eigenvalue weighted by molar-refractivity contribution is 5.85. The van der Waals surface area contributed by atoms with Crippen molar-refractivity contribution in [2.75, 3.05) is 0 Å². The molecule has 0 radical (unpaired) electrons. The van der Waals surface area contributed by atoms with Crippen LogP contribution in [0.25, 0.3) is 10.8 Å². The highest BCUT2D eigenvalue weighted by atomic mass is 16.5. The molecule has 0 heterocycles. The van der Waals surface area contributed by atoms with Crippen LogP contribution in [0.2, 0.25) is 0 Å². The molecule has 122 valence electrons. The molecule has 0 unspecified atom stereocenters. The molecule has 0 amide bonds. The second-order valence-corrected chi connectivity index (χ2v) is 6.15. The topological polar surface area (TPSA) is 9.23 Å². The van der Waals surface area contributed by atoms with Crippen LogP contribution in [0.4, 0.5) is 0 Å². The van der Waals surface area contributed by atoms with Crippen LogP contribution in [-0.4, -0.2) is 0 Å². The number of ether oxygens (including phenoxy) is 1. The molecule has 0 aromatic heterocycles. The molecule has 0 aliphatic heterocycles. The minimum Gasteiger partial charge on any atom is -0.364 e. The molecule has 0 atom stereocenters. The maximum atomic E-state index is 6.41. The minimum atomic E-state index is -0.0682. The van der Waals surface area contributed by atoms with Crippen LogP contribution < -0.4 is 0 Å². The average Bonchev–Trinajstić information content (AvgIpc) is 2.70. The molecule has 0 aliphatic rings. The first-order valence-corrected chi connectivity index (χ1v) is 8.60. The molecule has 1 nitrogen and oxygen atoms in total. The van der Waals surface area contributed by atoms with E-state index >= 15 is 0 Å². The maximum Gasteiger partial charge on any atom is 0.108 e. The van der Waals surface area contributed by atoms with Crippen LogP contribution in [-0.2, 0) is 11.3 Å². The Kier molecular flexibility index (Phi) is 4.58. The van der Waals surface area contributed by atoms with Crippen LogP contribution in [0.5, 0.6) is 0 Å². The molecular weight excluding hydrogens is 304 g/mol. The van der Waals surface area contributed by atoms with Crippen molar-refractivity contribution in [2.24, 2.45) is 0 Å². The van der Waals surface area contributed by atoms with E-state index in [0.717, 1.165) is 0 Å². The molecular formula is C24H20O. The summed E-state index contributed by atoms with van der Waals surface area (Å²) in [5, 5.41) is 2.50. The largest absolute Gasteiger partial charge is 0.364 e. The van der Waals surface area contributed by atoms with Crippen molar-refractivity contribution in [1.82, 2.24) is 0 Å². The first-order chi connectivity index (χ1) is 12.4. The lowest BCUT2D eigenvalue weighted by Gasteiger charge is -2.19. The second-order valence-electron chi connectivity index (χ2n) is 6.15. The smallest absolute Gasteiger partial charge is 0.108 e. The van der Waals surface area contributed by atoms with Crippen molar-refractivity contribution in [3.05, 3.63) is 120 Å². The zero-order valence-electron chi connectivity index (χ0n) is 14.0. The van der Waals surface area contributed by atoms with Crippen molar-refractivity contribution in [3.63, 3.8) is 0 Å². The normalized spacial score (nSPS) is 11.1. The van der Waals surface area contributed by atoms with E-state index in [1.54, 1.807) is 0 Å². The molecule has 0 fully saturated rings. The molecule has 0 spiro atoms. The summed E-state index contributed by atoms with van der Waals surface area (Å²) in [7, 11) is 0. The summed E-state index contributed by atoms with van der Waals surface area (Å²) in [6, 6.07) is 35.7. The number of fused-ring (bicyclic) bond motifs is 1. The van der Waals surface area contributed by atoms with Gasteiger partial charge in [0, 0.05) is 0 Å². The van der Waals surface area contributed by atoms with Crippen LogP contribution in [0.1, 0.15) is 22.8 Å². The van der Waals surface area contributed by atoms with E-state index in [0.29, 0.717) is 6.61 Å². The Morgan fingerprint density at radius 2 is 1.12 bits per heavy atom. The third-order valence-electron chi connectivity index (χ3n) is 4.49. The van der Waals surface area contributed by atoms with Gasteiger partial charge < -0.3 is 4.74 Å². The van der Waals surface area contributed by atoms with E-state index in [1.807, 2.05) is 12.1 Å². The number of hydrogen-bond donors (Lipinski definition) is 0. The Bertz CT molecular complexity index is 900. The zero-order valence-corrected chi connectivity index (χ0v) is 14.0. The van der Waals surface area contributed by atoms with Crippen LogP contribution in [0, 0.1) is 0 Å². The summed E-state index contributed by atoms with van der Waals surface area (Å²) < 4.78 is 6.41. The summed E-state index contributed by atoms with van der Waals surface area (Å²) in [5.41, 5.74) is 3.57. The lowest BCUT2D eigenvalue weighted by Crippen LogP contribution is -2.06.